The van der Waals surface area contributed by atoms with Gasteiger partial charge in [0.2, 0.25) is 0 Å². The van der Waals surface area contributed by atoms with E-state index in [9.17, 15) is 18.3 Å². The topological polar surface area (TPSA) is 41.5 Å². The average molecular weight is 295 g/mol. The second-order valence-corrected chi connectivity index (χ2v) is 6.34. The molecule has 3 atom stereocenters. The number of ether oxygens (including phenoxy) is 1. The maximum atomic E-state index is 12.7. The zero-order chi connectivity index (χ0) is 14.8. The first-order valence-electron chi connectivity index (χ1n) is 7.44. The molecule has 2 rings (SSSR count). The van der Waals surface area contributed by atoms with Gasteiger partial charge in [-0.15, -0.1) is 0 Å². The molecule has 0 aromatic heterocycles. The first-order chi connectivity index (χ1) is 9.32. The SMILES string of the molecule is CC1CCCC(OCC(O)CNC2(C(F)(F)F)CC2)C1. The minimum atomic E-state index is -4.23. The summed E-state index contributed by atoms with van der Waals surface area (Å²) in [7, 11) is 0. The van der Waals surface area contributed by atoms with Crippen LogP contribution in [0.15, 0.2) is 0 Å². The lowest BCUT2D eigenvalue weighted by molar-refractivity contribution is -0.167. The highest BCUT2D eigenvalue weighted by atomic mass is 19.4. The third kappa shape index (κ3) is 4.09. The highest BCUT2D eigenvalue weighted by molar-refractivity contribution is 5.08. The summed E-state index contributed by atoms with van der Waals surface area (Å²) < 4.78 is 43.7. The van der Waals surface area contributed by atoms with Crippen molar-refractivity contribution in [1.82, 2.24) is 5.32 Å². The fourth-order valence-electron chi connectivity index (χ4n) is 2.83. The Morgan fingerprint density at radius 3 is 2.60 bits per heavy atom. The van der Waals surface area contributed by atoms with Gasteiger partial charge in [0.25, 0.3) is 0 Å². The predicted octanol–water partition coefficient (Wildman–Crippen LogP) is 2.63. The van der Waals surface area contributed by atoms with Gasteiger partial charge in [-0.3, -0.25) is 0 Å². The molecule has 2 aliphatic rings. The number of aliphatic hydroxyl groups is 1. The predicted molar refractivity (Wildman–Crippen MR) is 69.4 cm³/mol. The van der Waals surface area contributed by atoms with Crippen molar-refractivity contribution in [3.05, 3.63) is 0 Å². The second kappa shape index (κ2) is 6.20. The quantitative estimate of drug-likeness (QED) is 0.791. The molecule has 0 amide bonds. The molecule has 0 spiro atoms. The first kappa shape index (κ1) is 16.0. The zero-order valence-corrected chi connectivity index (χ0v) is 11.9. The maximum absolute atomic E-state index is 12.7. The number of nitrogens with one attached hydrogen (secondary N) is 1. The number of halogens is 3. The van der Waals surface area contributed by atoms with Crippen LogP contribution in [0, 0.1) is 5.92 Å². The van der Waals surface area contributed by atoms with Crippen molar-refractivity contribution in [3.8, 4) is 0 Å². The molecule has 2 fully saturated rings. The smallest absolute Gasteiger partial charge is 0.389 e. The molecule has 0 radical (unpaired) electrons. The molecule has 3 unspecified atom stereocenters. The number of hydrogen-bond acceptors (Lipinski definition) is 3. The van der Waals surface area contributed by atoms with Crippen molar-refractivity contribution in [3.63, 3.8) is 0 Å². The van der Waals surface area contributed by atoms with Crippen LogP contribution in [-0.2, 0) is 4.74 Å². The summed E-state index contributed by atoms with van der Waals surface area (Å²) in [6.45, 7) is 2.22. The van der Waals surface area contributed by atoms with Crippen molar-refractivity contribution in [1.29, 1.82) is 0 Å². The summed E-state index contributed by atoms with van der Waals surface area (Å²) >= 11 is 0. The van der Waals surface area contributed by atoms with Gasteiger partial charge in [-0.05, 0) is 31.6 Å². The molecule has 0 saturated heterocycles. The van der Waals surface area contributed by atoms with Gasteiger partial charge >= 0.3 is 6.18 Å². The average Bonchev–Trinajstić information content (AvgIpc) is 3.14. The van der Waals surface area contributed by atoms with Crippen molar-refractivity contribution >= 4 is 0 Å². The van der Waals surface area contributed by atoms with Crippen LogP contribution in [-0.4, -0.2) is 42.2 Å². The van der Waals surface area contributed by atoms with Crippen LogP contribution in [0.4, 0.5) is 13.2 Å². The summed E-state index contributed by atoms with van der Waals surface area (Å²) in [4.78, 5) is 0. The van der Waals surface area contributed by atoms with Crippen LogP contribution in [0.5, 0.6) is 0 Å². The van der Waals surface area contributed by atoms with E-state index < -0.39 is 17.8 Å². The van der Waals surface area contributed by atoms with Gasteiger partial charge in [0.15, 0.2) is 0 Å². The normalized spacial score (nSPS) is 31.1. The van der Waals surface area contributed by atoms with Gasteiger partial charge in [0.05, 0.1) is 18.8 Å². The molecule has 0 aliphatic heterocycles. The molecule has 0 aromatic rings. The Morgan fingerprint density at radius 2 is 2.05 bits per heavy atom. The van der Waals surface area contributed by atoms with Gasteiger partial charge in [-0.2, -0.15) is 13.2 Å². The van der Waals surface area contributed by atoms with Gasteiger partial charge in [0, 0.05) is 6.54 Å². The largest absolute Gasteiger partial charge is 0.406 e. The van der Waals surface area contributed by atoms with Crippen molar-refractivity contribution < 1.29 is 23.0 Å². The molecule has 118 valence electrons. The summed E-state index contributed by atoms with van der Waals surface area (Å²) in [5.41, 5.74) is -1.76. The molecule has 6 heteroatoms. The molecule has 2 saturated carbocycles. The number of alkyl halides is 3. The minimum absolute atomic E-state index is 0.0677. The number of rotatable bonds is 6. The van der Waals surface area contributed by atoms with Crippen molar-refractivity contribution in [2.45, 2.75) is 69.4 Å². The molecule has 0 aromatic carbocycles. The van der Waals surface area contributed by atoms with E-state index in [-0.39, 0.29) is 32.1 Å². The Bertz CT molecular complexity index is 318. The van der Waals surface area contributed by atoms with Gasteiger partial charge < -0.3 is 15.2 Å². The lowest BCUT2D eigenvalue weighted by atomic mass is 9.89. The first-order valence-corrected chi connectivity index (χ1v) is 7.44. The minimum Gasteiger partial charge on any atom is -0.389 e. The highest BCUT2D eigenvalue weighted by Crippen LogP contribution is 2.48. The number of hydrogen-bond donors (Lipinski definition) is 2. The van der Waals surface area contributed by atoms with Crippen LogP contribution >= 0.6 is 0 Å². The molecule has 0 bridgehead atoms. The number of aliphatic hydroxyl groups excluding tert-OH is 1. The Labute approximate surface area is 117 Å². The summed E-state index contributed by atoms with van der Waals surface area (Å²) in [6, 6.07) is 0. The summed E-state index contributed by atoms with van der Waals surface area (Å²) in [5, 5.41) is 12.2. The third-order valence-corrected chi connectivity index (χ3v) is 4.38. The Balaban J connectivity index is 1.65. The highest BCUT2D eigenvalue weighted by Gasteiger charge is 2.63. The Kier molecular flexibility index (Phi) is 4.97. The molecule has 2 aliphatic carbocycles. The van der Waals surface area contributed by atoms with Crippen molar-refractivity contribution in [2.75, 3.05) is 13.2 Å². The van der Waals surface area contributed by atoms with Gasteiger partial charge in [-0.1, -0.05) is 19.8 Å². The molecule has 3 nitrogen and oxygen atoms in total. The molecule has 2 N–H and O–H groups in total. The standard InChI is InChI=1S/C14H24F3NO2/c1-10-3-2-4-12(7-10)20-9-11(19)8-18-13(5-6-13)14(15,16)17/h10-12,18-19H,2-9H2,1H3. The lowest BCUT2D eigenvalue weighted by Crippen LogP contribution is -2.48. The van der Waals surface area contributed by atoms with Crippen LogP contribution in [0.1, 0.15) is 45.4 Å². The lowest BCUT2D eigenvalue weighted by Gasteiger charge is -2.28. The van der Waals surface area contributed by atoms with Crippen molar-refractivity contribution in [2.24, 2.45) is 5.92 Å². The van der Waals surface area contributed by atoms with E-state index >= 15 is 0 Å². The van der Waals surface area contributed by atoms with Crippen LogP contribution in [0.25, 0.3) is 0 Å². The van der Waals surface area contributed by atoms with E-state index in [1.54, 1.807) is 0 Å². The molecular formula is C14H24F3NO2. The fourth-order valence-corrected chi connectivity index (χ4v) is 2.83. The Hall–Kier alpha value is -0.330. The van der Waals surface area contributed by atoms with Crippen LogP contribution < -0.4 is 5.32 Å². The molecule has 0 heterocycles. The zero-order valence-electron chi connectivity index (χ0n) is 11.9. The molecular weight excluding hydrogens is 271 g/mol. The van der Waals surface area contributed by atoms with E-state index in [4.69, 9.17) is 4.74 Å². The number of β-amino-alcohol motifs (C(OH)–C–C–N with tert-alkyl or cyclic N) is 1. The summed E-state index contributed by atoms with van der Waals surface area (Å²) in [5.74, 6) is 0.629. The Morgan fingerprint density at radius 1 is 1.35 bits per heavy atom. The van der Waals surface area contributed by atoms with E-state index in [0.717, 1.165) is 19.3 Å². The summed E-state index contributed by atoms with van der Waals surface area (Å²) in [6.07, 6.45) is -0.474. The van der Waals surface area contributed by atoms with Gasteiger partial charge in [-0.25, -0.2) is 0 Å². The van der Waals surface area contributed by atoms with E-state index in [0.29, 0.717) is 5.92 Å². The maximum Gasteiger partial charge on any atom is 0.406 e. The second-order valence-electron chi connectivity index (χ2n) is 6.34. The van der Waals surface area contributed by atoms with Gasteiger partial charge in [0.1, 0.15) is 5.54 Å². The van der Waals surface area contributed by atoms with E-state index in [2.05, 4.69) is 12.2 Å². The van der Waals surface area contributed by atoms with E-state index in [1.807, 2.05) is 0 Å². The fraction of sp³-hybridized carbons (Fsp3) is 1.00. The monoisotopic (exact) mass is 295 g/mol. The van der Waals surface area contributed by atoms with E-state index in [1.165, 1.54) is 6.42 Å². The van der Waals surface area contributed by atoms with Crippen LogP contribution in [0.3, 0.4) is 0 Å². The van der Waals surface area contributed by atoms with Crippen LogP contribution in [0.2, 0.25) is 0 Å². The third-order valence-electron chi connectivity index (χ3n) is 4.38. The molecule has 20 heavy (non-hydrogen) atoms.